The highest BCUT2D eigenvalue weighted by Crippen LogP contribution is 2.23. The molecule has 1 aromatic carbocycles. The molecule has 0 aromatic heterocycles. The van der Waals surface area contributed by atoms with E-state index in [1.165, 1.54) is 12.1 Å². The summed E-state index contributed by atoms with van der Waals surface area (Å²) < 4.78 is 0. The fourth-order valence-corrected chi connectivity index (χ4v) is 2.49. The lowest BCUT2D eigenvalue weighted by atomic mass is 10.1. The van der Waals surface area contributed by atoms with E-state index in [9.17, 15) is 14.9 Å². The molecule has 1 saturated heterocycles. The van der Waals surface area contributed by atoms with Gasteiger partial charge in [0.15, 0.2) is 0 Å². The molecule has 0 radical (unpaired) electrons. The maximum absolute atomic E-state index is 10.8. The number of hydrogen-bond acceptors (Lipinski definition) is 4. The summed E-state index contributed by atoms with van der Waals surface area (Å²) in [4.78, 5) is 23.0. The molecule has 0 bridgehead atoms. The Morgan fingerprint density at radius 3 is 2.68 bits per heavy atom. The molecule has 1 aliphatic rings. The van der Waals surface area contributed by atoms with Gasteiger partial charge in [0.05, 0.1) is 11.3 Å². The van der Waals surface area contributed by atoms with Gasteiger partial charge in [-0.3, -0.25) is 19.8 Å². The van der Waals surface area contributed by atoms with E-state index in [-0.39, 0.29) is 18.2 Å². The number of carboxylic acids is 1. The van der Waals surface area contributed by atoms with Gasteiger partial charge in [0.2, 0.25) is 0 Å². The van der Waals surface area contributed by atoms with Gasteiger partial charge in [0, 0.05) is 24.7 Å². The topological polar surface area (TPSA) is 83.7 Å². The molecule has 0 saturated carbocycles. The van der Waals surface area contributed by atoms with Crippen LogP contribution in [-0.2, 0) is 11.3 Å². The summed E-state index contributed by atoms with van der Waals surface area (Å²) in [7, 11) is 0. The lowest BCUT2D eigenvalue weighted by Gasteiger charge is -2.23. The maximum Gasteiger partial charge on any atom is 0.304 e. The Hall–Kier alpha value is -1.95. The number of benzene rings is 1. The van der Waals surface area contributed by atoms with Gasteiger partial charge in [-0.2, -0.15) is 0 Å². The molecule has 1 N–H and O–H groups in total. The number of hydrogen-bond donors (Lipinski definition) is 1. The van der Waals surface area contributed by atoms with E-state index in [4.69, 9.17) is 5.11 Å². The highest BCUT2D eigenvalue weighted by atomic mass is 16.6. The second-order valence-corrected chi connectivity index (χ2v) is 4.79. The minimum Gasteiger partial charge on any atom is -0.481 e. The average Bonchev–Trinajstić information content (AvgIpc) is 2.76. The van der Waals surface area contributed by atoms with Crippen molar-refractivity contribution in [1.29, 1.82) is 0 Å². The van der Waals surface area contributed by atoms with E-state index in [1.54, 1.807) is 12.1 Å². The van der Waals surface area contributed by atoms with Gasteiger partial charge in [0.25, 0.3) is 5.69 Å². The van der Waals surface area contributed by atoms with E-state index in [0.717, 1.165) is 24.9 Å². The molecule has 0 aliphatic carbocycles. The maximum atomic E-state index is 10.8. The number of aliphatic carboxylic acids is 1. The summed E-state index contributed by atoms with van der Waals surface area (Å²) in [6, 6.07) is 6.50. The lowest BCUT2D eigenvalue weighted by Crippen LogP contribution is -2.30. The standard InChI is InChI=1S/C13H16N2O4/c16-13(17)8-12-2-1-7-14(12)9-10-3-5-11(6-4-10)15(18)19/h3-6,12H,1-2,7-9H2,(H,16,17). The molecule has 19 heavy (non-hydrogen) atoms. The zero-order chi connectivity index (χ0) is 13.8. The quantitative estimate of drug-likeness (QED) is 0.649. The van der Waals surface area contributed by atoms with Crippen molar-refractivity contribution in [3.63, 3.8) is 0 Å². The molecule has 6 heteroatoms. The molecule has 102 valence electrons. The summed E-state index contributed by atoms with van der Waals surface area (Å²) >= 11 is 0. The Labute approximate surface area is 110 Å². The molecule has 0 spiro atoms. The van der Waals surface area contributed by atoms with Crippen molar-refractivity contribution >= 4 is 11.7 Å². The number of nitrogens with zero attached hydrogens (tertiary/aromatic N) is 2. The van der Waals surface area contributed by atoms with Crippen LogP contribution in [0.15, 0.2) is 24.3 Å². The Kier molecular flexibility index (Phi) is 4.11. The Balaban J connectivity index is 1.99. The van der Waals surface area contributed by atoms with Crippen LogP contribution in [0, 0.1) is 10.1 Å². The van der Waals surface area contributed by atoms with Crippen molar-refractivity contribution in [3.05, 3.63) is 39.9 Å². The van der Waals surface area contributed by atoms with E-state index >= 15 is 0 Å². The first kappa shape index (κ1) is 13.5. The van der Waals surface area contributed by atoms with Gasteiger partial charge < -0.3 is 5.11 Å². The number of nitro benzene ring substituents is 1. The van der Waals surface area contributed by atoms with Crippen molar-refractivity contribution in [2.45, 2.75) is 31.8 Å². The molecule has 1 unspecified atom stereocenters. The normalized spacial score (nSPS) is 19.5. The third kappa shape index (κ3) is 3.51. The van der Waals surface area contributed by atoms with Crippen molar-refractivity contribution in [2.75, 3.05) is 6.54 Å². The summed E-state index contributed by atoms with van der Waals surface area (Å²) in [6.45, 7) is 1.53. The Morgan fingerprint density at radius 1 is 1.42 bits per heavy atom. The summed E-state index contributed by atoms with van der Waals surface area (Å²) in [6.07, 6.45) is 2.07. The third-order valence-corrected chi connectivity index (χ3v) is 3.44. The first-order valence-corrected chi connectivity index (χ1v) is 6.25. The second-order valence-electron chi connectivity index (χ2n) is 4.79. The number of non-ortho nitro benzene ring substituents is 1. The van der Waals surface area contributed by atoms with Crippen molar-refractivity contribution in [2.24, 2.45) is 0 Å². The number of carbonyl (C=O) groups is 1. The molecular weight excluding hydrogens is 248 g/mol. The molecule has 1 heterocycles. The van der Waals surface area contributed by atoms with Crippen LogP contribution in [0.2, 0.25) is 0 Å². The minimum atomic E-state index is -0.777. The highest BCUT2D eigenvalue weighted by Gasteiger charge is 2.26. The van der Waals surface area contributed by atoms with Gasteiger partial charge in [-0.1, -0.05) is 12.1 Å². The monoisotopic (exact) mass is 264 g/mol. The molecule has 2 rings (SSSR count). The number of likely N-dealkylation sites (tertiary alicyclic amines) is 1. The minimum absolute atomic E-state index is 0.0762. The molecule has 1 fully saturated rings. The van der Waals surface area contributed by atoms with Crippen LogP contribution in [0.5, 0.6) is 0 Å². The van der Waals surface area contributed by atoms with E-state index < -0.39 is 10.9 Å². The van der Waals surface area contributed by atoms with Gasteiger partial charge in [-0.15, -0.1) is 0 Å². The van der Waals surface area contributed by atoms with E-state index in [1.807, 2.05) is 0 Å². The van der Waals surface area contributed by atoms with Gasteiger partial charge in [-0.25, -0.2) is 0 Å². The average molecular weight is 264 g/mol. The van der Waals surface area contributed by atoms with Crippen molar-refractivity contribution in [1.82, 2.24) is 4.90 Å². The first-order chi connectivity index (χ1) is 9.06. The number of carboxylic acid groups (broad SMARTS) is 1. The predicted molar refractivity (Wildman–Crippen MR) is 68.8 cm³/mol. The van der Waals surface area contributed by atoms with Crippen LogP contribution in [0.1, 0.15) is 24.8 Å². The van der Waals surface area contributed by atoms with Gasteiger partial charge in [0.1, 0.15) is 0 Å². The Bertz CT molecular complexity index is 472. The molecule has 1 aliphatic heterocycles. The fraction of sp³-hybridized carbons (Fsp3) is 0.462. The first-order valence-electron chi connectivity index (χ1n) is 6.25. The van der Waals surface area contributed by atoms with Crippen LogP contribution in [0.25, 0.3) is 0 Å². The van der Waals surface area contributed by atoms with Gasteiger partial charge in [-0.05, 0) is 24.9 Å². The number of rotatable bonds is 5. The molecule has 1 atom stereocenters. The van der Waals surface area contributed by atoms with Crippen LogP contribution >= 0.6 is 0 Å². The molecule has 1 aromatic rings. The molecule has 6 nitrogen and oxygen atoms in total. The zero-order valence-corrected chi connectivity index (χ0v) is 10.5. The molecule has 0 amide bonds. The van der Waals surface area contributed by atoms with Crippen LogP contribution in [0.3, 0.4) is 0 Å². The largest absolute Gasteiger partial charge is 0.481 e. The summed E-state index contributed by atoms with van der Waals surface area (Å²) in [5.74, 6) is -0.777. The SMILES string of the molecule is O=C(O)CC1CCCN1Cc1ccc([N+](=O)[O-])cc1. The van der Waals surface area contributed by atoms with Crippen molar-refractivity contribution < 1.29 is 14.8 Å². The zero-order valence-electron chi connectivity index (χ0n) is 10.5. The lowest BCUT2D eigenvalue weighted by molar-refractivity contribution is -0.384. The van der Waals surface area contributed by atoms with Crippen LogP contribution in [0.4, 0.5) is 5.69 Å². The second kappa shape index (κ2) is 5.79. The fourth-order valence-electron chi connectivity index (χ4n) is 2.49. The highest BCUT2D eigenvalue weighted by molar-refractivity contribution is 5.67. The third-order valence-electron chi connectivity index (χ3n) is 3.44. The summed E-state index contributed by atoms with van der Waals surface area (Å²) in [5.41, 5.74) is 1.05. The number of nitro groups is 1. The predicted octanol–water partition coefficient (Wildman–Crippen LogP) is 2.03. The smallest absolute Gasteiger partial charge is 0.304 e. The van der Waals surface area contributed by atoms with Crippen LogP contribution in [-0.4, -0.2) is 33.5 Å². The Morgan fingerprint density at radius 2 is 2.11 bits per heavy atom. The summed E-state index contributed by atoms with van der Waals surface area (Å²) in [5, 5.41) is 19.4. The van der Waals surface area contributed by atoms with E-state index in [0.29, 0.717) is 6.54 Å². The van der Waals surface area contributed by atoms with E-state index in [2.05, 4.69) is 4.90 Å². The molecular formula is C13H16N2O4. The van der Waals surface area contributed by atoms with Crippen LogP contribution < -0.4 is 0 Å². The van der Waals surface area contributed by atoms with Gasteiger partial charge >= 0.3 is 5.97 Å². The van der Waals surface area contributed by atoms with Crippen molar-refractivity contribution in [3.8, 4) is 0 Å².